The summed E-state index contributed by atoms with van der Waals surface area (Å²) in [4.78, 5) is 12.6. The monoisotopic (exact) mass is 289 g/mol. The quantitative estimate of drug-likeness (QED) is 0.598. The van der Waals surface area contributed by atoms with Crippen LogP contribution in [0.15, 0.2) is 30.3 Å². The lowest BCUT2D eigenvalue weighted by Crippen LogP contribution is -2.38. The molecule has 0 fully saturated rings. The Labute approximate surface area is 130 Å². The van der Waals surface area contributed by atoms with E-state index in [9.17, 15) is 4.79 Å². The molecule has 0 saturated carbocycles. The van der Waals surface area contributed by atoms with E-state index < -0.39 is 0 Å². The molecule has 0 heterocycles. The third-order valence-corrected chi connectivity index (χ3v) is 4.26. The average Bonchev–Trinajstić information content (AvgIpc) is 2.52. The summed E-state index contributed by atoms with van der Waals surface area (Å²) >= 11 is 0. The van der Waals surface area contributed by atoms with E-state index in [0.717, 1.165) is 37.7 Å². The van der Waals surface area contributed by atoms with Crippen LogP contribution >= 0.6 is 0 Å². The summed E-state index contributed by atoms with van der Waals surface area (Å²) in [5, 5.41) is 3.14. The number of rotatable bonds is 10. The minimum atomic E-state index is -0.208. The van der Waals surface area contributed by atoms with Crippen LogP contribution < -0.4 is 5.32 Å². The Kier molecular flexibility index (Phi) is 8.11. The maximum absolute atomic E-state index is 12.6. The molecule has 21 heavy (non-hydrogen) atoms. The number of hydrogen-bond acceptors (Lipinski definition) is 1. The van der Waals surface area contributed by atoms with Crippen molar-refractivity contribution < 1.29 is 4.79 Å². The van der Waals surface area contributed by atoms with Crippen LogP contribution in [-0.2, 0) is 11.3 Å². The zero-order valence-corrected chi connectivity index (χ0v) is 14.0. The molecule has 1 atom stereocenters. The number of benzene rings is 1. The first-order valence-electron chi connectivity index (χ1n) is 8.44. The lowest BCUT2D eigenvalue weighted by molar-refractivity contribution is -0.131. The van der Waals surface area contributed by atoms with Crippen LogP contribution in [0.3, 0.4) is 0 Å². The molecule has 0 radical (unpaired) electrons. The van der Waals surface area contributed by atoms with Gasteiger partial charge in [-0.05, 0) is 18.4 Å². The summed E-state index contributed by atoms with van der Waals surface area (Å²) < 4.78 is 0. The Hall–Kier alpha value is -1.31. The van der Waals surface area contributed by atoms with Crippen molar-refractivity contribution in [2.45, 2.75) is 72.3 Å². The second-order valence-electron chi connectivity index (χ2n) is 6.29. The number of hydrogen-bond donors (Lipinski definition) is 1. The smallest absolute Gasteiger partial charge is 0.226 e. The van der Waals surface area contributed by atoms with Crippen molar-refractivity contribution in [1.29, 1.82) is 0 Å². The van der Waals surface area contributed by atoms with Crippen molar-refractivity contribution in [2.75, 3.05) is 0 Å². The van der Waals surface area contributed by atoms with Gasteiger partial charge in [0.2, 0.25) is 5.91 Å². The lowest BCUT2D eigenvalue weighted by atomic mass is 9.79. The van der Waals surface area contributed by atoms with E-state index in [2.05, 4.69) is 38.2 Å². The van der Waals surface area contributed by atoms with Gasteiger partial charge in [0, 0.05) is 12.0 Å². The highest BCUT2D eigenvalue weighted by Crippen LogP contribution is 2.31. The Morgan fingerprint density at radius 1 is 1.00 bits per heavy atom. The van der Waals surface area contributed by atoms with Gasteiger partial charge in [0.15, 0.2) is 0 Å². The molecule has 2 heteroatoms. The standard InChI is InChI=1S/C19H31NO/c1-4-6-11-15-19(3,14-7-5-2)18(21)20-16-17-12-9-8-10-13-17/h8-10,12-13H,4-7,11,14-16H2,1-3H3,(H,20,21). The minimum absolute atomic E-state index is 0.208. The van der Waals surface area contributed by atoms with Gasteiger partial charge in [-0.2, -0.15) is 0 Å². The van der Waals surface area contributed by atoms with Crippen LogP contribution in [0.1, 0.15) is 71.3 Å². The van der Waals surface area contributed by atoms with Crippen molar-refractivity contribution in [3.05, 3.63) is 35.9 Å². The molecule has 1 unspecified atom stereocenters. The van der Waals surface area contributed by atoms with Gasteiger partial charge in [0.25, 0.3) is 0 Å². The third kappa shape index (κ3) is 6.33. The molecule has 1 N–H and O–H groups in total. The zero-order valence-electron chi connectivity index (χ0n) is 14.0. The first-order chi connectivity index (χ1) is 10.1. The topological polar surface area (TPSA) is 29.1 Å². The van der Waals surface area contributed by atoms with Crippen LogP contribution in [0.5, 0.6) is 0 Å². The highest BCUT2D eigenvalue weighted by atomic mass is 16.2. The molecule has 0 aromatic heterocycles. The van der Waals surface area contributed by atoms with Crippen LogP contribution in [0.25, 0.3) is 0 Å². The fraction of sp³-hybridized carbons (Fsp3) is 0.632. The van der Waals surface area contributed by atoms with Crippen molar-refractivity contribution in [1.82, 2.24) is 5.32 Å². The van der Waals surface area contributed by atoms with Gasteiger partial charge < -0.3 is 5.32 Å². The van der Waals surface area contributed by atoms with Crippen molar-refractivity contribution in [3.63, 3.8) is 0 Å². The summed E-state index contributed by atoms with van der Waals surface area (Å²) in [7, 11) is 0. The Morgan fingerprint density at radius 2 is 1.62 bits per heavy atom. The number of nitrogens with one attached hydrogen (secondary N) is 1. The zero-order chi connectivity index (χ0) is 15.6. The molecule has 2 nitrogen and oxygen atoms in total. The maximum Gasteiger partial charge on any atom is 0.226 e. The maximum atomic E-state index is 12.6. The Bertz CT molecular complexity index is 401. The molecule has 0 aliphatic heterocycles. The van der Waals surface area contributed by atoms with Gasteiger partial charge in [-0.15, -0.1) is 0 Å². The van der Waals surface area contributed by atoms with Gasteiger partial charge in [-0.25, -0.2) is 0 Å². The summed E-state index contributed by atoms with van der Waals surface area (Å²) in [5.74, 6) is 0.218. The molecule has 0 aliphatic rings. The van der Waals surface area contributed by atoms with Gasteiger partial charge in [0.1, 0.15) is 0 Å². The van der Waals surface area contributed by atoms with E-state index in [1.54, 1.807) is 0 Å². The Morgan fingerprint density at radius 3 is 2.24 bits per heavy atom. The number of amides is 1. The van der Waals surface area contributed by atoms with Crippen molar-refractivity contribution in [3.8, 4) is 0 Å². The lowest BCUT2D eigenvalue weighted by Gasteiger charge is -2.28. The summed E-state index contributed by atoms with van der Waals surface area (Å²) in [6, 6.07) is 10.1. The molecule has 0 aliphatic carbocycles. The summed E-state index contributed by atoms with van der Waals surface area (Å²) in [5.41, 5.74) is 0.956. The predicted molar refractivity (Wildman–Crippen MR) is 90.1 cm³/mol. The fourth-order valence-corrected chi connectivity index (χ4v) is 2.68. The molecule has 118 valence electrons. The van der Waals surface area contributed by atoms with Crippen molar-refractivity contribution >= 4 is 5.91 Å². The van der Waals surface area contributed by atoms with E-state index in [1.807, 2.05) is 18.2 Å². The van der Waals surface area contributed by atoms with Crippen LogP contribution in [0.4, 0.5) is 0 Å². The normalized spacial score (nSPS) is 13.7. The average molecular weight is 289 g/mol. The number of carbonyl (C=O) groups excluding carboxylic acids is 1. The van der Waals surface area contributed by atoms with E-state index in [-0.39, 0.29) is 11.3 Å². The van der Waals surface area contributed by atoms with Crippen molar-refractivity contribution in [2.24, 2.45) is 5.41 Å². The Balaban J connectivity index is 2.56. The summed E-state index contributed by atoms with van der Waals surface area (Å²) in [6.07, 6.45) is 7.84. The van der Waals surface area contributed by atoms with E-state index >= 15 is 0 Å². The minimum Gasteiger partial charge on any atom is -0.352 e. The van der Waals surface area contributed by atoms with Gasteiger partial charge in [-0.3, -0.25) is 4.79 Å². The molecular formula is C19H31NO. The molecule has 0 spiro atoms. The SMILES string of the molecule is CCCCCC(C)(CCCC)C(=O)NCc1ccccc1. The van der Waals surface area contributed by atoms with Gasteiger partial charge in [0.05, 0.1) is 0 Å². The molecule has 1 aromatic carbocycles. The largest absolute Gasteiger partial charge is 0.352 e. The molecule has 0 bridgehead atoms. The molecule has 1 aromatic rings. The van der Waals surface area contributed by atoms with Crippen LogP contribution in [-0.4, -0.2) is 5.91 Å². The van der Waals surface area contributed by atoms with E-state index in [4.69, 9.17) is 0 Å². The summed E-state index contributed by atoms with van der Waals surface area (Å²) in [6.45, 7) is 7.17. The highest BCUT2D eigenvalue weighted by Gasteiger charge is 2.31. The number of unbranched alkanes of at least 4 members (excludes halogenated alkanes) is 3. The highest BCUT2D eigenvalue weighted by molar-refractivity contribution is 5.82. The second-order valence-corrected chi connectivity index (χ2v) is 6.29. The van der Waals surface area contributed by atoms with E-state index in [0.29, 0.717) is 6.54 Å². The predicted octanol–water partition coefficient (Wildman–Crippen LogP) is 5.08. The molecule has 0 saturated heterocycles. The molecular weight excluding hydrogens is 258 g/mol. The van der Waals surface area contributed by atoms with Gasteiger partial charge >= 0.3 is 0 Å². The molecule has 1 rings (SSSR count). The van der Waals surface area contributed by atoms with Gasteiger partial charge in [-0.1, -0.05) is 83.2 Å². The first kappa shape index (κ1) is 17.7. The molecule has 1 amide bonds. The fourth-order valence-electron chi connectivity index (χ4n) is 2.68. The first-order valence-corrected chi connectivity index (χ1v) is 8.44. The third-order valence-electron chi connectivity index (χ3n) is 4.26. The van der Waals surface area contributed by atoms with Crippen LogP contribution in [0.2, 0.25) is 0 Å². The van der Waals surface area contributed by atoms with Crippen LogP contribution in [0, 0.1) is 5.41 Å². The van der Waals surface area contributed by atoms with E-state index in [1.165, 1.54) is 12.8 Å². The second kappa shape index (κ2) is 9.59. The number of carbonyl (C=O) groups is 1.